The minimum atomic E-state index is -0.535. The molecule has 178 valence electrons. The van der Waals surface area contributed by atoms with E-state index in [9.17, 15) is 9.59 Å². The number of methoxy groups -OCH3 is 4. The highest BCUT2D eigenvalue weighted by molar-refractivity contribution is 8.16. The van der Waals surface area contributed by atoms with Crippen molar-refractivity contribution in [2.24, 2.45) is 4.99 Å². The third-order valence-electron chi connectivity index (χ3n) is 5.32. The molecule has 1 atom stereocenters. The number of thioether (sulfide) groups is 1. The van der Waals surface area contributed by atoms with E-state index in [1.165, 1.54) is 18.9 Å². The SMILES string of the molecule is CCC1=C(C(=O)OC)C(c2ccc(OC)c(OC)c2)N2C(CC(=O)NCCOC)=CSC2=N1. The number of amides is 1. The molecule has 0 bridgehead atoms. The average Bonchev–Trinajstić information content (AvgIpc) is 3.23. The number of ether oxygens (including phenoxy) is 4. The molecule has 1 unspecified atom stereocenters. The summed E-state index contributed by atoms with van der Waals surface area (Å²) in [6.07, 6.45) is 0.689. The number of hydrogen-bond acceptors (Lipinski definition) is 9. The van der Waals surface area contributed by atoms with Crippen LogP contribution in [0.2, 0.25) is 0 Å². The zero-order chi connectivity index (χ0) is 24.0. The van der Waals surface area contributed by atoms with Crippen LogP contribution in [0.3, 0.4) is 0 Å². The van der Waals surface area contributed by atoms with Crippen LogP contribution in [-0.2, 0) is 19.1 Å². The maximum absolute atomic E-state index is 12.9. The summed E-state index contributed by atoms with van der Waals surface area (Å²) in [6.45, 7) is 2.79. The summed E-state index contributed by atoms with van der Waals surface area (Å²) in [4.78, 5) is 32.1. The van der Waals surface area contributed by atoms with Crippen molar-refractivity contribution < 1.29 is 28.5 Å². The largest absolute Gasteiger partial charge is 0.493 e. The number of nitrogens with one attached hydrogen (secondary N) is 1. The normalized spacial score (nSPS) is 17.2. The van der Waals surface area contributed by atoms with E-state index < -0.39 is 12.0 Å². The molecule has 1 aromatic rings. The Balaban J connectivity index is 2.05. The first kappa shape index (κ1) is 24.7. The standard InChI is InChI=1S/C23H29N3O6S/c1-6-16-20(22(28)32-5)21(14-7-8-17(30-3)18(11-14)31-4)26-15(13-33-23(26)25-16)12-19(27)24-9-10-29-2/h7-8,11,13,21H,6,9-10,12H2,1-5H3,(H,24,27). The number of fused-ring (bicyclic) bond motifs is 1. The molecule has 0 saturated heterocycles. The van der Waals surface area contributed by atoms with Crippen molar-refractivity contribution in [3.8, 4) is 11.5 Å². The highest BCUT2D eigenvalue weighted by Gasteiger charge is 2.41. The van der Waals surface area contributed by atoms with Crippen molar-refractivity contribution in [3.63, 3.8) is 0 Å². The van der Waals surface area contributed by atoms with E-state index in [-0.39, 0.29) is 12.3 Å². The van der Waals surface area contributed by atoms with Gasteiger partial charge < -0.3 is 29.2 Å². The lowest BCUT2D eigenvalue weighted by Crippen LogP contribution is -2.38. The van der Waals surface area contributed by atoms with Gasteiger partial charge in [0.15, 0.2) is 16.7 Å². The van der Waals surface area contributed by atoms with Gasteiger partial charge in [0.05, 0.1) is 51.7 Å². The van der Waals surface area contributed by atoms with Crippen molar-refractivity contribution in [1.29, 1.82) is 0 Å². The molecular weight excluding hydrogens is 446 g/mol. The Morgan fingerprint density at radius 3 is 2.55 bits per heavy atom. The highest BCUT2D eigenvalue weighted by Crippen LogP contribution is 2.46. The fraction of sp³-hybridized carbons (Fsp3) is 0.435. The molecule has 10 heteroatoms. The molecule has 1 aromatic carbocycles. The van der Waals surface area contributed by atoms with Gasteiger partial charge in [0.1, 0.15) is 0 Å². The van der Waals surface area contributed by atoms with Gasteiger partial charge >= 0.3 is 5.97 Å². The van der Waals surface area contributed by atoms with Crippen molar-refractivity contribution in [2.45, 2.75) is 25.8 Å². The second kappa shape index (κ2) is 11.2. The van der Waals surface area contributed by atoms with Crippen LogP contribution in [0.25, 0.3) is 0 Å². The van der Waals surface area contributed by atoms with Gasteiger partial charge in [0.2, 0.25) is 5.91 Å². The van der Waals surface area contributed by atoms with Crippen LogP contribution >= 0.6 is 11.8 Å². The Morgan fingerprint density at radius 1 is 1.15 bits per heavy atom. The Bertz CT molecular complexity index is 1000. The van der Waals surface area contributed by atoms with E-state index in [4.69, 9.17) is 23.9 Å². The predicted molar refractivity (Wildman–Crippen MR) is 126 cm³/mol. The first-order chi connectivity index (χ1) is 16.0. The lowest BCUT2D eigenvalue weighted by Gasteiger charge is -2.36. The molecule has 0 spiro atoms. The van der Waals surface area contributed by atoms with Gasteiger partial charge in [-0.05, 0) is 29.5 Å². The van der Waals surface area contributed by atoms with Crippen LogP contribution < -0.4 is 14.8 Å². The van der Waals surface area contributed by atoms with Crippen molar-refractivity contribution in [3.05, 3.63) is 46.1 Å². The summed E-state index contributed by atoms with van der Waals surface area (Å²) in [5, 5.41) is 5.44. The first-order valence-electron chi connectivity index (χ1n) is 10.5. The van der Waals surface area contributed by atoms with Crippen molar-refractivity contribution >= 4 is 28.8 Å². The zero-order valence-corrected chi connectivity index (χ0v) is 20.3. The summed E-state index contributed by atoms with van der Waals surface area (Å²) >= 11 is 1.43. The number of carbonyl (C=O) groups is 2. The van der Waals surface area contributed by atoms with Gasteiger partial charge in [0, 0.05) is 19.4 Å². The summed E-state index contributed by atoms with van der Waals surface area (Å²) in [7, 11) is 6.06. The van der Waals surface area contributed by atoms with E-state index >= 15 is 0 Å². The van der Waals surface area contributed by atoms with Gasteiger partial charge in [0.25, 0.3) is 0 Å². The second-order valence-corrected chi connectivity index (χ2v) is 8.07. The van der Waals surface area contributed by atoms with E-state index in [1.54, 1.807) is 27.4 Å². The Morgan fingerprint density at radius 2 is 1.91 bits per heavy atom. The molecule has 0 aliphatic carbocycles. The molecule has 0 fully saturated rings. The van der Waals surface area contributed by atoms with E-state index in [0.29, 0.717) is 47.5 Å². The average molecular weight is 476 g/mol. The molecule has 33 heavy (non-hydrogen) atoms. The maximum atomic E-state index is 12.9. The maximum Gasteiger partial charge on any atom is 0.338 e. The van der Waals surface area contributed by atoms with Crippen molar-refractivity contribution in [2.75, 3.05) is 41.6 Å². The van der Waals surface area contributed by atoms with Gasteiger partial charge in [-0.1, -0.05) is 24.8 Å². The monoisotopic (exact) mass is 475 g/mol. The minimum Gasteiger partial charge on any atom is -0.493 e. The van der Waals surface area contributed by atoms with E-state index in [1.807, 2.05) is 29.4 Å². The zero-order valence-electron chi connectivity index (χ0n) is 19.5. The first-order valence-corrected chi connectivity index (χ1v) is 11.4. The smallest absolute Gasteiger partial charge is 0.338 e. The fourth-order valence-electron chi connectivity index (χ4n) is 3.77. The summed E-state index contributed by atoms with van der Waals surface area (Å²) in [6, 6.07) is 4.98. The van der Waals surface area contributed by atoms with E-state index in [0.717, 1.165) is 11.3 Å². The molecule has 2 aliphatic rings. The summed E-state index contributed by atoms with van der Waals surface area (Å²) < 4.78 is 21.0. The number of aliphatic imine (C=N–C) groups is 1. The number of nitrogens with zero attached hydrogens (tertiary/aromatic N) is 2. The molecule has 9 nitrogen and oxygen atoms in total. The quantitative estimate of drug-likeness (QED) is 0.407. The number of allylic oxidation sites excluding steroid dienone is 1. The molecule has 0 saturated carbocycles. The van der Waals surface area contributed by atoms with Crippen LogP contribution in [0.5, 0.6) is 11.5 Å². The minimum absolute atomic E-state index is 0.134. The van der Waals surface area contributed by atoms with Crippen LogP contribution in [0.1, 0.15) is 31.4 Å². The van der Waals surface area contributed by atoms with Crippen LogP contribution in [0.4, 0.5) is 0 Å². The highest BCUT2D eigenvalue weighted by atomic mass is 32.2. The predicted octanol–water partition coefficient (Wildman–Crippen LogP) is 2.99. The Kier molecular flexibility index (Phi) is 8.40. The van der Waals surface area contributed by atoms with Gasteiger partial charge in [-0.2, -0.15) is 0 Å². The van der Waals surface area contributed by atoms with Crippen molar-refractivity contribution in [1.82, 2.24) is 10.2 Å². The van der Waals surface area contributed by atoms with Crippen LogP contribution in [-0.4, -0.2) is 63.5 Å². The Hall–Kier alpha value is -2.98. The number of esters is 1. The summed E-state index contributed by atoms with van der Waals surface area (Å²) in [5.41, 5.74) is 2.62. The second-order valence-electron chi connectivity index (χ2n) is 7.23. The molecule has 2 heterocycles. The lowest BCUT2D eigenvalue weighted by molar-refractivity contribution is -0.136. The van der Waals surface area contributed by atoms with Gasteiger partial charge in [-0.3, -0.25) is 4.79 Å². The number of hydrogen-bond donors (Lipinski definition) is 1. The molecule has 1 N–H and O–H groups in total. The third-order valence-corrected chi connectivity index (χ3v) is 6.21. The molecule has 3 rings (SSSR count). The van der Waals surface area contributed by atoms with Gasteiger partial charge in [-0.15, -0.1) is 0 Å². The van der Waals surface area contributed by atoms with Gasteiger partial charge in [-0.25, -0.2) is 9.79 Å². The van der Waals surface area contributed by atoms with Crippen LogP contribution in [0, 0.1) is 0 Å². The fourth-order valence-corrected chi connectivity index (χ4v) is 4.71. The summed E-state index contributed by atoms with van der Waals surface area (Å²) in [5.74, 6) is 0.511. The van der Waals surface area contributed by atoms with E-state index in [2.05, 4.69) is 5.32 Å². The third kappa shape index (κ3) is 5.17. The molecular formula is C23H29N3O6S. The molecule has 1 amide bonds. The Labute approximate surface area is 197 Å². The van der Waals surface area contributed by atoms with Crippen LogP contribution in [0.15, 0.2) is 45.6 Å². The molecule has 0 aromatic heterocycles. The number of benzene rings is 1. The lowest BCUT2D eigenvalue weighted by atomic mass is 9.92. The number of carbonyl (C=O) groups excluding carboxylic acids is 2. The topological polar surface area (TPSA) is 98.7 Å². The molecule has 2 aliphatic heterocycles. The molecule has 0 radical (unpaired) electrons. The number of rotatable bonds is 10. The number of amidine groups is 1.